The number of carbonyl (C=O) groups is 1. The Morgan fingerprint density at radius 1 is 1.47 bits per heavy atom. The Balaban J connectivity index is 2.70. The molecule has 0 fully saturated rings. The van der Waals surface area contributed by atoms with E-state index in [0.717, 1.165) is 13.0 Å². The van der Waals surface area contributed by atoms with Crippen LogP contribution in [0.25, 0.3) is 0 Å². The fraction of sp³-hybridized carbons (Fsp3) is 0.667. The van der Waals surface area contributed by atoms with E-state index in [4.69, 9.17) is 5.73 Å². The van der Waals surface area contributed by atoms with Gasteiger partial charge in [0.2, 0.25) is 5.91 Å². The molecule has 1 atom stereocenters. The molecule has 0 aromatic carbocycles. The van der Waals surface area contributed by atoms with E-state index in [1.54, 1.807) is 11.3 Å². The number of hydrogen-bond donors (Lipinski definition) is 1. The van der Waals surface area contributed by atoms with Crippen LogP contribution in [0, 0.1) is 11.3 Å². The molecular weight excluding hydrogens is 256 g/mol. The second-order valence-corrected chi connectivity index (χ2v) is 7.16. The molecule has 0 saturated heterocycles. The van der Waals surface area contributed by atoms with E-state index in [9.17, 15) is 4.79 Å². The van der Waals surface area contributed by atoms with Crippen molar-refractivity contribution >= 4 is 17.2 Å². The first-order valence-electron chi connectivity index (χ1n) is 6.88. The minimum absolute atomic E-state index is 0.0695. The lowest BCUT2D eigenvalue weighted by molar-refractivity contribution is -0.136. The third-order valence-electron chi connectivity index (χ3n) is 3.11. The third-order valence-corrected chi connectivity index (χ3v) is 3.97. The van der Waals surface area contributed by atoms with Crippen molar-refractivity contribution < 1.29 is 4.79 Å². The second kappa shape index (κ2) is 7.06. The summed E-state index contributed by atoms with van der Waals surface area (Å²) in [5.74, 6) is 0.119. The summed E-state index contributed by atoms with van der Waals surface area (Å²) in [6.45, 7) is 10.3. The van der Waals surface area contributed by atoms with Crippen LogP contribution in [-0.4, -0.2) is 23.9 Å². The summed E-state index contributed by atoms with van der Waals surface area (Å²) in [6, 6.07) is 4.09. The van der Waals surface area contributed by atoms with Gasteiger partial charge in [-0.15, -0.1) is 11.3 Å². The van der Waals surface area contributed by atoms with Crippen LogP contribution in [0.15, 0.2) is 17.5 Å². The topological polar surface area (TPSA) is 46.3 Å². The standard InChI is InChI=1S/C15H26N2OS/c1-5-17(11-13-7-6-8-19-13)14(18)12(10-16)9-15(2,3)4/h6-8,12H,5,9-11,16H2,1-4H3. The Bertz CT molecular complexity index is 381. The molecule has 0 aliphatic heterocycles. The molecule has 1 amide bonds. The predicted octanol–water partition coefficient (Wildman–Crippen LogP) is 3.11. The minimum atomic E-state index is -0.0695. The van der Waals surface area contributed by atoms with Gasteiger partial charge in [-0.3, -0.25) is 4.79 Å². The van der Waals surface area contributed by atoms with E-state index in [1.165, 1.54) is 4.88 Å². The highest BCUT2D eigenvalue weighted by Crippen LogP contribution is 2.25. The van der Waals surface area contributed by atoms with Crippen molar-refractivity contribution in [1.29, 1.82) is 0 Å². The van der Waals surface area contributed by atoms with Gasteiger partial charge in [-0.1, -0.05) is 26.8 Å². The number of carbonyl (C=O) groups excluding carboxylic acids is 1. The third kappa shape index (κ3) is 5.33. The molecule has 1 heterocycles. The fourth-order valence-electron chi connectivity index (χ4n) is 2.21. The van der Waals surface area contributed by atoms with Gasteiger partial charge in [0.1, 0.15) is 0 Å². The maximum atomic E-state index is 12.6. The average molecular weight is 282 g/mol. The highest BCUT2D eigenvalue weighted by atomic mass is 32.1. The molecule has 0 spiro atoms. The van der Waals surface area contributed by atoms with E-state index in [2.05, 4.69) is 26.8 Å². The van der Waals surface area contributed by atoms with Crippen molar-refractivity contribution in [2.45, 2.75) is 40.7 Å². The summed E-state index contributed by atoms with van der Waals surface area (Å²) < 4.78 is 0. The van der Waals surface area contributed by atoms with Gasteiger partial charge in [0, 0.05) is 18.0 Å². The quantitative estimate of drug-likeness (QED) is 0.871. The Kier molecular flexibility index (Phi) is 6.01. The molecular formula is C15H26N2OS. The molecule has 0 saturated carbocycles. The maximum Gasteiger partial charge on any atom is 0.227 e. The van der Waals surface area contributed by atoms with Gasteiger partial charge in [0.05, 0.1) is 12.5 Å². The highest BCUT2D eigenvalue weighted by Gasteiger charge is 2.27. The summed E-state index contributed by atoms with van der Waals surface area (Å²) in [5, 5.41) is 2.04. The van der Waals surface area contributed by atoms with Crippen LogP contribution in [0.3, 0.4) is 0 Å². The van der Waals surface area contributed by atoms with Crippen LogP contribution in [0.1, 0.15) is 39.0 Å². The molecule has 2 N–H and O–H groups in total. The van der Waals surface area contributed by atoms with Crippen molar-refractivity contribution in [2.24, 2.45) is 17.1 Å². The van der Waals surface area contributed by atoms with E-state index in [1.807, 2.05) is 23.3 Å². The number of amides is 1. The van der Waals surface area contributed by atoms with Gasteiger partial charge in [0.25, 0.3) is 0 Å². The first-order valence-corrected chi connectivity index (χ1v) is 7.76. The molecule has 4 heteroatoms. The maximum absolute atomic E-state index is 12.6. The summed E-state index contributed by atoms with van der Waals surface area (Å²) in [4.78, 5) is 15.7. The van der Waals surface area contributed by atoms with Crippen LogP contribution in [0.4, 0.5) is 0 Å². The van der Waals surface area contributed by atoms with Crippen molar-refractivity contribution in [3.63, 3.8) is 0 Å². The smallest absolute Gasteiger partial charge is 0.227 e. The van der Waals surface area contributed by atoms with Crippen LogP contribution in [0.2, 0.25) is 0 Å². The van der Waals surface area contributed by atoms with Crippen LogP contribution < -0.4 is 5.73 Å². The lowest BCUT2D eigenvalue weighted by atomic mass is 9.84. The van der Waals surface area contributed by atoms with Crippen molar-refractivity contribution in [1.82, 2.24) is 4.90 Å². The molecule has 3 nitrogen and oxygen atoms in total. The normalized spacial score (nSPS) is 13.3. The zero-order valence-corrected chi connectivity index (χ0v) is 13.3. The summed E-state index contributed by atoms with van der Waals surface area (Å²) in [5.41, 5.74) is 5.93. The summed E-state index contributed by atoms with van der Waals surface area (Å²) >= 11 is 1.69. The van der Waals surface area contributed by atoms with E-state index in [0.29, 0.717) is 13.1 Å². The van der Waals surface area contributed by atoms with Crippen molar-refractivity contribution in [3.05, 3.63) is 22.4 Å². The van der Waals surface area contributed by atoms with Gasteiger partial charge in [-0.2, -0.15) is 0 Å². The first-order chi connectivity index (χ1) is 8.87. The molecule has 0 radical (unpaired) electrons. The predicted molar refractivity (Wildman–Crippen MR) is 82.0 cm³/mol. The average Bonchev–Trinajstić information content (AvgIpc) is 2.84. The lowest BCUT2D eigenvalue weighted by Gasteiger charge is -2.29. The number of hydrogen-bond acceptors (Lipinski definition) is 3. The minimum Gasteiger partial charge on any atom is -0.338 e. The molecule has 1 rings (SSSR count). The zero-order chi connectivity index (χ0) is 14.5. The molecule has 0 aliphatic rings. The molecule has 1 unspecified atom stereocenters. The Morgan fingerprint density at radius 2 is 2.16 bits per heavy atom. The Morgan fingerprint density at radius 3 is 2.58 bits per heavy atom. The van der Waals surface area contributed by atoms with E-state index < -0.39 is 0 Å². The summed E-state index contributed by atoms with van der Waals surface area (Å²) in [7, 11) is 0. The number of thiophene rings is 1. The van der Waals surface area contributed by atoms with Crippen LogP contribution in [-0.2, 0) is 11.3 Å². The Hall–Kier alpha value is -0.870. The largest absolute Gasteiger partial charge is 0.338 e. The highest BCUT2D eigenvalue weighted by molar-refractivity contribution is 7.09. The van der Waals surface area contributed by atoms with Gasteiger partial charge in [-0.25, -0.2) is 0 Å². The van der Waals surface area contributed by atoms with Crippen molar-refractivity contribution in [2.75, 3.05) is 13.1 Å². The molecule has 19 heavy (non-hydrogen) atoms. The number of rotatable bonds is 6. The van der Waals surface area contributed by atoms with Crippen LogP contribution in [0.5, 0.6) is 0 Å². The summed E-state index contributed by atoms with van der Waals surface area (Å²) in [6.07, 6.45) is 0.837. The monoisotopic (exact) mass is 282 g/mol. The fourth-order valence-corrected chi connectivity index (χ4v) is 2.92. The van der Waals surface area contributed by atoms with Gasteiger partial charge < -0.3 is 10.6 Å². The van der Waals surface area contributed by atoms with Gasteiger partial charge >= 0.3 is 0 Å². The second-order valence-electron chi connectivity index (χ2n) is 6.13. The number of nitrogens with zero attached hydrogens (tertiary/aromatic N) is 1. The Labute approximate surface area is 120 Å². The lowest BCUT2D eigenvalue weighted by Crippen LogP contribution is -2.40. The molecule has 1 aromatic heterocycles. The SMILES string of the molecule is CCN(Cc1cccs1)C(=O)C(CN)CC(C)(C)C. The first kappa shape index (κ1) is 16.2. The van der Waals surface area contributed by atoms with E-state index in [-0.39, 0.29) is 17.2 Å². The number of nitrogens with two attached hydrogens (primary N) is 1. The molecule has 108 valence electrons. The van der Waals surface area contributed by atoms with Gasteiger partial charge in [-0.05, 0) is 30.2 Å². The molecule has 1 aromatic rings. The van der Waals surface area contributed by atoms with E-state index >= 15 is 0 Å². The molecule has 0 bridgehead atoms. The van der Waals surface area contributed by atoms with Crippen molar-refractivity contribution in [3.8, 4) is 0 Å². The van der Waals surface area contributed by atoms with Gasteiger partial charge in [0.15, 0.2) is 0 Å². The molecule has 0 aliphatic carbocycles. The zero-order valence-electron chi connectivity index (χ0n) is 12.5. The van der Waals surface area contributed by atoms with Crippen LogP contribution >= 0.6 is 11.3 Å².